The average Bonchev–Trinajstić information content (AvgIpc) is 3.41. The molecule has 0 N–H and O–H groups in total. The van der Waals surface area contributed by atoms with Crippen molar-refractivity contribution in [1.82, 2.24) is 0 Å². The number of alkyl halides is 1. The minimum atomic E-state index is -1.13. The standard InChI is InChI=1S/C35H27F5N2OS2.2C2H6.CH3F.Ru/c1-20-8-4-7-11-29(20)43-34(45-32-24-10-6-5-9-21(24)12-15-30(32)44)33-41(28-14-13-22(36)16-25(28)38)19-35(2,3)42(33)31-26(39)17-23(37)18-27(31)40;3*1-2;/h1,4-18,33-34,44H,19H2,2-3H3;2*1-2H3;1H3;/q;;;;+1/p-1/t33-,34+;;;;/m0..../s1. The van der Waals surface area contributed by atoms with Crippen LogP contribution in [0.4, 0.5) is 37.7 Å². The summed E-state index contributed by atoms with van der Waals surface area (Å²) in [7, 11) is 0.500. The van der Waals surface area contributed by atoms with Crippen LogP contribution in [0.2, 0.25) is 0 Å². The molecule has 0 amide bonds. The number of hydrogen-bond donors (Lipinski definition) is 0. The first-order valence-corrected chi connectivity index (χ1v) is 18.8. The molecule has 5 aromatic carbocycles. The SMILES string of the molecule is CC.CC.CC1(C)CN(c2ccc(F)cc2F)[C@H]([C@H](Oc2ccccc2[CH]=[Ru+])Sc2c([S-])ccc3ccccc23)N1c1c(F)cc(F)cc1F.CF. The molecule has 12 heteroatoms. The van der Waals surface area contributed by atoms with Crippen molar-refractivity contribution >= 4 is 51.1 Å². The Hall–Kier alpha value is -3.60. The third-order valence-electron chi connectivity index (χ3n) is 7.83. The molecule has 52 heavy (non-hydrogen) atoms. The Kier molecular flexibility index (Phi) is 16.0. The summed E-state index contributed by atoms with van der Waals surface area (Å²) in [4.78, 5) is 4.26. The molecule has 0 aliphatic carbocycles. The van der Waals surface area contributed by atoms with E-state index in [9.17, 15) is 13.2 Å². The van der Waals surface area contributed by atoms with Crippen molar-refractivity contribution in [1.29, 1.82) is 0 Å². The second-order valence-electron chi connectivity index (χ2n) is 11.4. The minimum Gasteiger partial charge on any atom is -0.255 e. The van der Waals surface area contributed by atoms with E-state index >= 15 is 13.2 Å². The first-order chi connectivity index (χ1) is 25.0. The summed E-state index contributed by atoms with van der Waals surface area (Å²) in [5, 5.41) is 1.75. The number of fused-ring (bicyclic) bond motifs is 1. The Morgan fingerprint density at radius 1 is 0.808 bits per heavy atom. The molecule has 0 spiro atoms. The summed E-state index contributed by atoms with van der Waals surface area (Å²) in [6.07, 6.45) is -1.12. The van der Waals surface area contributed by atoms with Crippen molar-refractivity contribution < 1.29 is 48.9 Å². The van der Waals surface area contributed by atoms with Crippen molar-refractivity contribution in [3.63, 3.8) is 0 Å². The fourth-order valence-corrected chi connectivity index (χ4v) is 7.91. The van der Waals surface area contributed by atoms with Gasteiger partial charge in [-0.3, -0.25) is 4.39 Å². The zero-order chi connectivity index (χ0) is 38.7. The van der Waals surface area contributed by atoms with Crippen LogP contribution in [0.3, 0.4) is 0 Å². The fourth-order valence-electron chi connectivity index (χ4n) is 5.90. The molecular weight excluding hydrogens is 804 g/mol. The third-order valence-corrected chi connectivity index (χ3v) is 10.1. The van der Waals surface area contributed by atoms with Gasteiger partial charge in [-0.1, -0.05) is 27.7 Å². The molecule has 5 aromatic rings. The van der Waals surface area contributed by atoms with Crippen LogP contribution in [-0.2, 0) is 30.5 Å². The van der Waals surface area contributed by atoms with Crippen LogP contribution in [0.1, 0.15) is 47.1 Å². The van der Waals surface area contributed by atoms with Gasteiger partial charge in [0.25, 0.3) is 0 Å². The Bertz CT molecular complexity index is 1940. The minimum absolute atomic E-state index is 0.00206. The van der Waals surface area contributed by atoms with Crippen molar-refractivity contribution in [3.8, 4) is 5.75 Å². The number of para-hydroxylation sites is 1. The molecule has 1 heterocycles. The van der Waals surface area contributed by atoms with Gasteiger partial charge in [0.05, 0.1) is 7.18 Å². The molecular formula is C40H41F6N2ORuS2. The van der Waals surface area contributed by atoms with Crippen LogP contribution < -0.4 is 14.5 Å². The summed E-state index contributed by atoms with van der Waals surface area (Å²) in [5.41, 5.74) is -1.88. The largest absolute Gasteiger partial charge is 0.255 e. The summed E-state index contributed by atoms with van der Waals surface area (Å²) >= 11 is 9.45. The predicted octanol–water partition coefficient (Wildman–Crippen LogP) is 11.4. The first kappa shape index (κ1) is 42.8. The van der Waals surface area contributed by atoms with E-state index in [1.165, 1.54) is 22.7 Å². The van der Waals surface area contributed by atoms with E-state index in [-0.39, 0.29) is 12.2 Å². The van der Waals surface area contributed by atoms with Crippen LogP contribution in [0.5, 0.6) is 5.75 Å². The molecule has 0 unspecified atom stereocenters. The molecule has 3 nitrogen and oxygen atoms in total. The van der Waals surface area contributed by atoms with Crippen molar-refractivity contribution in [2.45, 2.75) is 68.5 Å². The third kappa shape index (κ3) is 9.30. The van der Waals surface area contributed by atoms with E-state index in [0.29, 0.717) is 34.9 Å². The molecule has 1 saturated heterocycles. The van der Waals surface area contributed by atoms with Crippen molar-refractivity contribution in [2.75, 3.05) is 23.5 Å². The smallest absolute Gasteiger partial charge is 0.0785 e. The number of nitrogens with zero attached hydrogens (tertiary/aromatic N) is 2. The van der Waals surface area contributed by atoms with Crippen LogP contribution >= 0.6 is 11.8 Å². The normalized spacial score (nSPS) is 15.0. The van der Waals surface area contributed by atoms with Gasteiger partial charge in [0, 0.05) is 0 Å². The second kappa shape index (κ2) is 19.5. The van der Waals surface area contributed by atoms with Crippen LogP contribution in [-0.4, -0.2) is 35.5 Å². The summed E-state index contributed by atoms with van der Waals surface area (Å²) in [5.74, 6) is -4.52. The maximum atomic E-state index is 15.7. The molecule has 0 aromatic heterocycles. The van der Waals surface area contributed by atoms with E-state index in [2.05, 4.69) is 17.9 Å². The number of rotatable bonds is 8. The molecule has 6 rings (SSSR count). The van der Waals surface area contributed by atoms with Crippen LogP contribution in [0.25, 0.3) is 10.8 Å². The Labute approximate surface area is 322 Å². The van der Waals surface area contributed by atoms with Gasteiger partial charge < -0.3 is 0 Å². The van der Waals surface area contributed by atoms with Gasteiger partial charge in [0.2, 0.25) is 0 Å². The molecule has 1 fully saturated rings. The zero-order valence-corrected chi connectivity index (χ0v) is 33.2. The summed E-state index contributed by atoms with van der Waals surface area (Å²) in [6.45, 7) is 11.5. The molecule has 0 radical (unpaired) electrons. The molecule has 2 atom stereocenters. The van der Waals surface area contributed by atoms with E-state index in [0.717, 1.165) is 28.5 Å². The van der Waals surface area contributed by atoms with Gasteiger partial charge in [0.15, 0.2) is 0 Å². The Balaban J connectivity index is 0.00000116. The topological polar surface area (TPSA) is 15.7 Å². The molecule has 279 valence electrons. The van der Waals surface area contributed by atoms with Gasteiger partial charge in [-0.25, -0.2) is 0 Å². The van der Waals surface area contributed by atoms with Gasteiger partial charge >= 0.3 is 284 Å². The summed E-state index contributed by atoms with van der Waals surface area (Å²) < 4.78 is 93.4. The number of halogens is 6. The van der Waals surface area contributed by atoms with Crippen molar-refractivity contribution in [2.24, 2.45) is 0 Å². The van der Waals surface area contributed by atoms with Crippen molar-refractivity contribution in [3.05, 3.63) is 126 Å². The number of benzene rings is 5. The average molecular weight is 845 g/mol. The van der Waals surface area contributed by atoms with Crippen LogP contribution in [0.15, 0.2) is 101 Å². The maximum Gasteiger partial charge on any atom is 0.0785 e. The zero-order valence-electron chi connectivity index (χ0n) is 29.8. The maximum absolute atomic E-state index is 15.7. The number of ether oxygens (including phenoxy) is 1. The molecule has 0 bridgehead atoms. The van der Waals surface area contributed by atoms with Gasteiger partial charge in [-0.15, -0.1) is 0 Å². The summed E-state index contributed by atoms with van der Waals surface area (Å²) in [6, 6.07) is 23.0. The van der Waals surface area contributed by atoms with Crippen LogP contribution in [0, 0.1) is 29.1 Å². The Morgan fingerprint density at radius 3 is 2.04 bits per heavy atom. The van der Waals surface area contributed by atoms with E-state index < -0.39 is 51.9 Å². The number of anilines is 2. The number of hydrogen-bond acceptors (Lipinski definition) is 5. The predicted molar refractivity (Wildman–Crippen MR) is 202 cm³/mol. The van der Waals surface area contributed by atoms with E-state index in [1.807, 2.05) is 70.2 Å². The van der Waals surface area contributed by atoms with E-state index in [4.69, 9.17) is 17.4 Å². The second-order valence-corrected chi connectivity index (χ2v) is 13.4. The molecule has 1 aliphatic rings. The quantitative estimate of drug-likeness (QED) is 0.0507. The monoisotopic (exact) mass is 845 g/mol. The first-order valence-electron chi connectivity index (χ1n) is 16.5. The molecule has 1 aliphatic heterocycles. The van der Waals surface area contributed by atoms with Gasteiger partial charge in [0.1, 0.15) is 0 Å². The Morgan fingerprint density at radius 2 is 1.40 bits per heavy atom. The fraction of sp³-hybridized carbons (Fsp3) is 0.275. The molecule has 0 saturated carbocycles. The van der Waals surface area contributed by atoms with Gasteiger partial charge in [-0.05, 0) is 0 Å². The number of thioether (sulfide) groups is 1. The van der Waals surface area contributed by atoms with Gasteiger partial charge in [-0.2, -0.15) is 0 Å². The van der Waals surface area contributed by atoms with E-state index in [1.54, 1.807) is 41.6 Å².